The minimum absolute atomic E-state index is 0.0423. The van der Waals surface area contributed by atoms with Gasteiger partial charge in [0.25, 0.3) is 5.91 Å². The average molecular weight is 459 g/mol. The van der Waals surface area contributed by atoms with Crippen molar-refractivity contribution < 1.29 is 13.9 Å². The molecule has 2 aliphatic heterocycles. The van der Waals surface area contributed by atoms with E-state index in [1.165, 1.54) is 5.56 Å². The smallest absolute Gasteiger partial charge is 0.253 e. The first-order valence-electron chi connectivity index (χ1n) is 12.2. The van der Waals surface area contributed by atoms with Crippen LogP contribution in [-0.2, 0) is 29.5 Å². The van der Waals surface area contributed by atoms with Gasteiger partial charge in [-0.05, 0) is 48.9 Å². The predicted molar refractivity (Wildman–Crippen MR) is 126 cm³/mol. The Balaban J connectivity index is 1.24. The molecular weight excluding hydrogens is 431 g/mol. The minimum Gasteiger partial charge on any atom is -0.379 e. The Morgan fingerprint density at radius 3 is 2.79 bits per heavy atom. The number of hydrogen-bond donors (Lipinski definition) is 2. The van der Waals surface area contributed by atoms with Gasteiger partial charge < -0.3 is 15.0 Å². The van der Waals surface area contributed by atoms with Crippen molar-refractivity contribution in [3.05, 3.63) is 64.2 Å². The molecule has 1 spiro atoms. The lowest BCUT2D eigenvalue weighted by Gasteiger charge is -2.26. The summed E-state index contributed by atoms with van der Waals surface area (Å²) in [6, 6.07) is 7.49. The van der Waals surface area contributed by atoms with E-state index in [2.05, 4.69) is 26.3 Å². The molecule has 3 aromatic rings. The SMILES string of the molecule is O=C1NCC2(CC2)c2[nH]c3c(c21)CCc1cnc(-c2ccc(CN4CCOCC4)c(F)c2)cc1-3. The van der Waals surface area contributed by atoms with E-state index in [0.717, 1.165) is 84.7 Å². The molecular formula is C27H27FN4O2. The Hall–Kier alpha value is -3.03. The summed E-state index contributed by atoms with van der Waals surface area (Å²) in [6.45, 7) is 4.37. The predicted octanol–water partition coefficient (Wildman–Crippen LogP) is 3.59. The number of aromatic amines is 1. The second kappa shape index (κ2) is 7.48. The number of aryl methyl sites for hydroxylation is 1. The zero-order valence-electron chi connectivity index (χ0n) is 19.0. The Bertz CT molecular complexity index is 1320. The fourth-order valence-electron chi connectivity index (χ4n) is 5.84. The molecule has 0 atom stereocenters. The Kier molecular flexibility index (Phi) is 4.48. The van der Waals surface area contributed by atoms with Crippen LogP contribution in [0, 0.1) is 5.82 Å². The Morgan fingerprint density at radius 1 is 1.15 bits per heavy atom. The molecule has 2 aromatic heterocycles. The van der Waals surface area contributed by atoms with Crippen molar-refractivity contribution in [1.82, 2.24) is 20.2 Å². The quantitative estimate of drug-likeness (QED) is 0.630. The van der Waals surface area contributed by atoms with Crippen LogP contribution in [0.4, 0.5) is 4.39 Å². The number of hydrogen-bond acceptors (Lipinski definition) is 4. The first kappa shape index (κ1) is 20.4. The zero-order chi connectivity index (χ0) is 22.9. The molecule has 6 nitrogen and oxygen atoms in total. The monoisotopic (exact) mass is 458 g/mol. The van der Waals surface area contributed by atoms with E-state index in [1.54, 1.807) is 6.07 Å². The highest BCUT2D eigenvalue weighted by atomic mass is 19.1. The second-order valence-corrected chi connectivity index (χ2v) is 10.1. The lowest BCUT2D eigenvalue weighted by molar-refractivity contribution is 0.0337. The fraction of sp³-hybridized carbons (Fsp3) is 0.407. The van der Waals surface area contributed by atoms with E-state index >= 15 is 4.39 Å². The molecule has 2 N–H and O–H groups in total. The second-order valence-electron chi connectivity index (χ2n) is 10.1. The number of carbonyl (C=O) groups excluding carboxylic acids is 1. The van der Waals surface area contributed by atoms with Crippen molar-refractivity contribution in [2.24, 2.45) is 0 Å². The van der Waals surface area contributed by atoms with E-state index in [-0.39, 0.29) is 17.1 Å². The molecule has 1 aromatic carbocycles. The molecule has 7 rings (SSSR count). The van der Waals surface area contributed by atoms with Gasteiger partial charge >= 0.3 is 0 Å². The van der Waals surface area contributed by atoms with E-state index in [1.807, 2.05) is 18.3 Å². The molecule has 2 aliphatic carbocycles. The van der Waals surface area contributed by atoms with E-state index in [0.29, 0.717) is 25.3 Å². The summed E-state index contributed by atoms with van der Waals surface area (Å²) in [5.74, 6) is -0.160. The van der Waals surface area contributed by atoms with Gasteiger partial charge in [0.1, 0.15) is 5.82 Å². The molecule has 174 valence electrons. The number of carbonyl (C=O) groups is 1. The molecule has 7 heteroatoms. The summed E-state index contributed by atoms with van der Waals surface area (Å²) >= 11 is 0. The summed E-state index contributed by atoms with van der Waals surface area (Å²) in [7, 11) is 0. The normalized spacial score (nSPS) is 20.4. The van der Waals surface area contributed by atoms with Gasteiger partial charge in [-0.2, -0.15) is 0 Å². The number of fused-ring (bicyclic) bond motifs is 6. The Labute approximate surface area is 197 Å². The molecule has 0 radical (unpaired) electrons. The van der Waals surface area contributed by atoms with Crippen LogP contribution < -0.4 is 5.32 Å². The molecule has 4 heterocycles. The molecule has 4 aliphatic rings. The minimum atomic E-state index is -0.202. The number of morpholine rings is 1. The average Bonchev–Trinajstić information content (AvgIpc) is 3.53. The van der Waals surface area contributed by atoms with Gasteiger partial charge in [0.15, 0.2) is 0 Å². The standard InChI is InChI=1S/C27H27FN4O2/c28-21-11-16(1-2-18(21)14-32-7-9-34-10-8-32)22-12-20-17(13-29-22)3-4-19-23-25(31-24(19)20)27(5-6-27)15-30-26(23)33/h1-2,11-13,31H,3-10,14-15H2,(H,30,33). The van der Waals surface area contributed by atoms with Gasteiger partial charge in [0.05, 0.1) is 30.2 Å². The number of nitrogens with zero attached hydrogens (tertiary/aromatic N) is 2. The summed E-state index contributed by atoms with van der Waals surface area (Å²) < 4.78 is 20.4. The number of rotatable bonds is 3. The van der Waals surface area contributed by atoms with E-state index < -0.39 is 0 Å². The van der Waals surface area contributed by atoms with Crippen molar-refractivity contribution in [2.45, 2.75) is 37.6 Å². The van der Waals surface area contributed by atoms with Gasteiger partial charge in [-0.25, -0.2) is 4.39 Å². The molecule has 1 saturated heterocycles. The number of pyridine rings is 1. The highest BCUT2D eigenvalue weighted by Crippen LogP contribution is 2.52. The van der Waals surface area contributed by atoms with Crippen molar-refractivity contribution in [3.8, 4) is 22.5 Å². The van der Waals surface area contributed by atoms with Crippen LogP contribution >= 0.6 is 0 Å². The van der Waals surface area contributed by atoms with Crippen molar-refractivity contribution in [2.75, 3.05) is 32.8 Å². The zero-order valence-corrected chi connectivity index (χ0v) is 19.0. The van der Waals surface area contributed by atoms with Gasteiger partial charge in [0, 0.05) is 60.2 Å². The van der Waals surface area contributed by atoms with Gasteiger partial charge in [-0.15, -0.1) is 0 Å². The molecule has 2 fully saturated rings. The van der Waals surface area contributed by atoms with Gasteiger partial charge in [0.2, 0.25) is 0 Å². The maximum absolute atomic E-state index is 15.0. The van der Waals surface area contributed by atoms with Crippen LogP contribution in [0.2, 0.25) is 0 Å². The lowest BCUT2D eigenvalue weighted by Crippen LogP contribution is -2.39. The third-order valence-corrected chi connectivity index (χ3v) is 8.05. The highest BCUT2D eigenvalue weighted by molar-refractivity contribution is 6.01. The molecule has 0 unspecified atom stereocenters. The number of H-pyrrole nitrogens is 1. The summed E-state index contributed by atoms with van der Waals surface area (Å²) in [4.78, 5) is 23.3. The van der Waals surface area contributed by atoms with E-state index in [4.69, 9.17) is 4.74 Å². The number of halogens is 1. The molecule has 34 heavy (non-hydrogen) atoms. The molecule has 1 saturated carbocycles. The maximum Gasteiger partial charge on any atom is 0.253 e. The van der Waals surface area contributed by atoms with Crippen LogP contribution in [0.3, 0.4) is 0 Å². The van der Waals surface area contributed by atoms with Gasteiger partial charge in [-0.3, -0.25) is 14.7 Å². The number of ether oxygens (including phenoxy) is 1. The summed E-state index contributed by atoms with van der Waals surface area (Å²) in [6.07, 6.45) is 5.84. The molecule has 1 amide bonds. The van der Waals surface area contributed by atoms with Crippen LogP contribution in [0.25, 0.3) is 22.5 Å². The number of aromatic nitrogens is 2. The van der Waals surface area contributed by atoms with Crippen molar-refractivity contribution >= 4 is 5.91 Å². The number of nitrogens with one attached hydrogen (secondary N) is 2. The van der Waals surface area contributed by atoms with Crippen LogP contribution in [-0.4, -0.2) is 53.6 Å². The number of benzene rings is 1. The van der Waals surface area contributed by atoms with Crippen molar-refractivity contribution in [3.63, 3.8) is 0 Å². The van der Waals surface area contributed by atoms with Crippen molar-refractivity contribution in [1.29, 1.82) is 0 Å². The maximum atomic E-state index is 15.0. The molecule has 0 bridgehead atoms. The van der Waals surface area contributed by atoms with E-state index in [9.17, 15) is 4.79 Å². The first-order chi connectivity index (χ1) is 16.6. The van der Waals surface area contributed by atoms with Crippen LogP contribution in [0.5, 0.6) is 0 Å². The third-order valence-electron chi connectivity index (χ3n) is 8.05. The first-order valence-corrected chi connectivity index (χ1v) is 12.2. The van der Waals surface area contributed by atoms with Crippen LogP contribution in [0.1, 0.15) is 45.6 Å². The third kappa shape index (κ3) is 3.14. The topological polar surface area (TPSA) is 70.2 Å². The highest BCUT2D eigenvalue weighted by Gasteiger charge is 2.51. The van der Waals surface area contributed by atoms with Crippen LogP contribution in [0.15, 0.2) is 30.5 Å². The van der Waals surface area contributed by atoms with Gasteiger partial charge in [-0.1, -0.05) is 12.1 Å². The lowest BCUT2D eigenvalue weighted by atomic mass is 9.86. The number of amides is 1. The Morgan fingerprint density at radius 2 is 2.00 bits per heavy atom. The fourth-order valence-corrected chi connectivity index (χ4v) is 5.84. The summed E-state index contributed by atoms with van der Waals surface area (Å²) in [5, 5.41) is 3.11. The summed E-state index contributed by atoms with van der Waals surface area (Å²) in [5.41, 5.74) is 8.71. The largest absolute Gasteiger partial charge is 0.379 e.